The van der Waals surface area contributed by atoms with Gasteiger partial charge in [0.1, 0.15) is 5.60 Å². The minimum Gasteiger partial charge on any atom is -0.444 e. The van der Waals surface area contributed by atoms with Gasteiger partial charge in [-0.25, -0.2) is 9.78 Å². The van der Waals surface area contributed by atoms with Crippen molar-refractivity contribution in [3.05, 3.63) is 17.2 Å². The lowest BCUT2D eigenvalue weighted by atomic mass is 10.1. The summed E-state index contributed by atoms with van der Waals surface area (Å²) in [4.78, 5) is 15.9. The first-order valence-electron chi connectivity index (χ1n) is 7.53. The van der Waals surface area contributed by atoms with Gasteiger partial charge in [0.25, 0.3) is 0 Å². The van der Waals surface area contributed by atoms with E-state index < -0.39 is 11.7 Å². The van der Waals surface area contributed by atoms with Crippen LogP contribution in [0.15, 0.2) is 11.5 Å². The molecular weight excluding hydrogens is 284 g/mol. The SMILES string of the molecule is CCCCCC/C=C\c1csc(NC(=O)OC(C)(C)C)n1. The van der Waals surface area contributed by atoms with Gasteiger partial charge in [-0.2, -0.15) is 0 Å². The standard InChI is InChI=1S/C16H26N2O2S/c1-5-6-7-8-9-10-11-13-12-21-14(17-13)18-15(19)20-16(2,3)4/h10-12H,5-9H2,1-4H3,(H,17,18,19)/b11-10-. The van der Waals surface area contributed by atoms with E-state index in [1.807, 2.05) is 32.2 Å². The summed E-state index contributed by atoms with van der Waals surface area (Å²) < 4.78 is 5.19. The Hall–Kier alpha value is -1.36. The monoisotopic (exact) mass is 310 g/mol. The number of carbonyl (C=O) groups is 1. The number of nitrogens with zero attached hydrogens (tertiary/aromatic N) is 1. The lowest BCUT2D eigenvalue weighted by molar-refractivity contribution is 0.0636. The van der Waals surface area contributed by atoms with Crippen molar-refractivity contribution in [2.24, 2.45) is 0 Å². The van der Waals surface area contributed by atoms with Crippen LogP contribution in [0.25, 0.3) is 6.08 Å². The van der Waals surface area contributed by atoms with Gasteiger partial charge in [-0.05, 0) is 39.7 Å². The van der Waals surface area contributed by atoms with Gasteiger partial charge in [0.2, 0.25) is 0 Å². The van der Waals surface area contributed by atoms with Crippen LogP contribution in [0, 0.1) is 0 Å². The molecule has 0 radical (unpaired) electrons. The first kappa shape index (κ1) is 17.7. The maximum absolute atomic E-state index is 11.6. The Kier molecular flexibility index (Phi) is 7.43. The zero-order valence-electron chi connectivity index (χ0n) is 13.4. The van der Waals surface area contributed by atoms with Gasteiger partial charge in [0, 0.05) is 5.38 Å². The predicted octanol–water partition coefficient (Wildman–Crippen LogP) is 5.47. The summed E-state index contributed by atoms with van der Waals surface area (Å²) in [7, 11) is 0. The lowest BCUT2D eigenvalue weighted by Gasteiger charge is -2.18. The van der Waals surface area contributed by atoms with E-state index in [9.17, 15) is 4.79 Å². The largest absolute Gasteiger partial charge is 0.444 e. The minimum absolute atomic E-state index is 0.466. The fourth-order valence-corrected chi connectivity index (χ4v) is 2.37. The molecule has 0 aromatic carbocycles. The van der Waals surface area contributed by atoms with E-state index in [1.54, 1.807) is 0 Å². The maximum Gasteiger partial charge on any atom is 0.413 e. The highest BCUT2D eigenvalue weighted by atomic mass is 32.1. The van der Waals surface area contributed by atoms with Crippen LogP contribution in [0.5, 0.6) is 0 Å². The van der Waals surface area contributed by atoms with Crippen molar-refractivity contribution in [2.75, 3.05) is 5.32 Å². The lowest BCUT2D eigenvalue weighted by Crippen LogP contribution is -2.27. The number of allylic oxidation sites excluding steroid dienone is 1. The number of thiazole rings is 1. The van der Waals surface area contributed by atoms with E-state index in [0.717, 1.165) is 12.1 Å². The number of carbonyl (C=O) groups excluding carboxylic acids is 1. The average Bonchev–Trinajstić information content (AvgIpc) is 2.78. The summed E-state index contributed by atoms with van der Waals surface area (Å²) in [6, 6.07) is 0. The minimum atomic E-state index is -0.497. The van der Waals surface area contributed by atoms with Gasteiger partial charge < -0.3 is 4.74 Å². The first-order valence-corrected chi connectivity index (χ1v) is 8.41. The van der Waals surface area contributed by atoms with Crippen molar-refractivity contribution in [1.82, 2.24) is 4.98 Å². The van der Waals surface area contributed by atoms with Crippen molar-refractivity contribution in [1.29, 1.82) is 0 Å². The van der Waals surface area contributed by atoms with Crippen molar-refractivity contribution in [3.8, 4) is 0 Å². The Labute approximate surface area is 131 Å². The van der Waals surface area contributed by atoms with Gasteiger partial charge >= 0.3 is 6.09 Å². The van der Waals surface area contributed by atoms with Crippen LogP contribution in [-0.2, 0) is 4.74 Å². The van der Waals surface area contributed by atoms with Gasteiger partial charge in [0.15, 0.2) is 5.13 Å². The van der Waals surface area contributed by atoms with E-state index in [1.165, 1.54) is 37.0 Å². The third-order valence-corrected chi connectivity index (χ3v) is 3.42. The fourth-order valence-electron chi connectivity index (χ4n) is 1.70. The molecule has 0 aliphatic heterocycles. The number of nitrogens with one attached hydrogen (secondary N) is 1. The topological polar surface area (TPSA) is 51.2 Å². The van der Waals surface area contributed by atoms with Crippen LogP contribution in [0.3, 0.4) is 0 Å². The van der Waals surface area contributed by atoms with Crippen LogP contribution >= 0.6 is 11.3 Å². The molecule has 1 rings (SSSR count). The van der Waals surface area contributed by atoms with Gasteiger partial charge in [-0.1, -0.05) is 32.3 Å². The molecule has 0 fully saturated rings. The molecule has 118 valence electrons. The molecule has 21 heavy (non-hydrogen) atoms. The number of unbranched alkanes of at least 4 members (excludes halogenated alkanes) is 4. The Bertz CT molecular complexity index is 461. The first-order chi connectivity index (χ1) is 9.90. The molecule has 0 atom stereocenters. The second-order valence-corrected chi connectivity index (χ2v) is 6.81. The highest BCUT2D eigenvalue weighted by molar-refractivity contribution is 7.14. The summed E-state index contributed by atoms with van der Waals surface area (Å²) in [6.45, 7) is 7.72. The van der Waals surface area contributed by atoms with Crippen LogP contribution < -0.4 is 5.32 Å². The Morgan fingerprint density at radius 2 is 2.14 bits per heavy atom. The third-order valence-electron chi connectivity index (χ3n) is 2.64. The van der Waals surface area contributed by atoms with Crippen LogP contribution in [-0.4, -0.2) is 16.7 Å². The highest BCUT2D eigenvalue weighted by Crippen LogP contribution is 2.18. The van der Waals surface area contributed by atoms with Gasteiger partial charge in [-0.3, -0.25) is 5.32 Å². The van der Waals surface area contributed by atoms with E-state index >= 15 is 0 Å². The van der Waals surface area contributed by atoms with E-state index in [0.29, 0.717) is 5.13 Å². The number of rotatable bonds is 7. The molecule has 1 amide bonds. The Balaban J connectivity index is 2.36. The predicted molar refractivity (Wildman–Crippen MR) is 89.8 cm³/mol. The molecule has 1 N–H and O–H groups in total. The molecule has 0 bridgehead atoms. The second kappa shape index (κ2) is 8.82. The zero-order chi connectivity index (χ0) is 15.7. The quantitative estimate of drug-likeness (QED) is 0.679. The van der Waals surface area contributed by atoms with Crippen LogP contribution in [0.4, 0.5) is 9.93 Å². The zero-order valence-corrected chi connectivity index (χ0v) is 14.3. The molecule has 4 nitrogen and oxygen atoms in total. The summed E-state index contributed by atoms with van der Waals surface area (Å²) in [5.41, 5.74) is 0.379. The molecule has 0 saturated carbocycles. The number of hydrogen-bond acceptors (Lipinski definition) is 4. The van der Waals surface area contributed by atoms with Crippen molar-refractivity contribution >= 4 is 28.6 Å². The summed E-state index contributed by atoms with van der Waals surface area (Å²) in [6.07, 6.45) is 9.81. The normalized spacial score (nSPS) is 11.8. The molecule has 5 heteroatoms. The molecule has 0 unspecified atom stereocenters. The number of aromatic nitrogens is 1. The average molecular weight is 310 g/mol. The van der Waals surface area contributed by atoms with Crippen molar-refractivity contribution < 1.29 is 9.53 Å². The molecule has 0 spiro atoms. The molecule has 0 aliphatic rings. The van der Waals surface area contributed by atoms with Gasteiger partial charge in [-0.15, -0.1) is 11.3 Å². The van der Waals surface area contributed by atoms with E-state index in [2.05, 4.69) is 23.3 Å². The van der Waals surface area contributed by atoms with Crippen molar-refractivity contribution in [2.45, 2.75) is 65.4 Å². The molecular formula is C16H26N2O2S. The number of amides is 1. The second-order valence-electron chi connectivity index (χ2n) is 5.96. The summed E-state index contributed by atoms with van der Waals surface area (Å²) in [5.74, 6) is 0. The summed E-state index contributed by atoms with van der Waals surface area (Å²) >= 11 is 1.40. The van der Waals surface area contributed by atoms with E-state index in [-0.39, 0.29) is 0 Å². The molecule has 1 heterocycles. The molecule has 0 aliphatic carbocycles. The maximum atomic E-state index is 11.6. The van der Waals surface area contributed by atoms with E-state index in [4.69, 9.17) is 4.74 Å². The summed E-state index contributed by atoms with van der Waals surface area (Å²) in [5, 5.41) is 5.14. The smallest absolute Gasteiger partial charge is 0.413 e. The molecule has 0 saturated heterocycles. The van der Waals surface area contributed by atoms with Crippen LogP contribution in [0.2, 0.25) is 0 Å². The number of ether oxygens (including phenoxy) is 1. The Morgan fingerprint density at radius 3 is 2.81 bits per heavy atom. The molecule has 1 aromatic rings. The number of hydrogen-bond donors (Lipinski definition) is 1. The number of anilines is 1. The third kappa shape index (κ3) is 8.50. The molecule has 1 aromatic heterocycles. The van der Waals surface area contributed by atoms with Crippen molar-refractivity contribution in [3.63, 3.8) is 0 Å². The van der Waals surface area contributed by atoms with Gasteiger partial charge in [0.05, 0.1) is 5.69 Å². The van der Waals surface area contributed by atoms with Crippen LogP contribution in [0.1, 0.15) is 65.5 Å². The fraction of sp³-hybridized carbons (Fsp3) is 0.625. The highest BCUT2D eigenvalue weighted by Gasteiger charge is 2.16. The Morgan fingerprint density at radius 1 is 1.38 bits per heavy atom.